The van der Waals surface area contributed by atoms with Gasteiger partial charge in [0, 0.05) is 10.6 Å². The summed E-state index contributed by atoms with van der Waals surface area (Å²) in [6, 6.07) is 4.10. The molecule has 17 heavy (non-hydrogen) atoms. The third-order valence-corrected chi connectivity index (χ3v) is 4.03. The minimum absolute atomic E-state index is 0.238. The lowest BCUT2D eigenvalue weighted by atomic mass is 9.98. The van der Waals surface area contributed by atoms with E-state index >= 15 is 0 Å². The summed E-state index contributed by atoms with van der Waals surface area (Å²) in [6.07, 6.45) is 3.07. The average Bonchev–Trinajstić information content (AvgIpc) is 2.37. The fraction of sp³-hybridized carbons (Fsp3) is 0.357. The summed E-state index contributed by atoms with van der Waals surface area (Å²) >= 11 is 1.77. The summed E-state index contributed by atoms with van der Waals surface area (Å²) < 4.78 is 4.83. The van der Waals surface area contributed by atoms with Gasteiger partial charge in [-0.1, -0.05) is 13.0 Å². The molecule has 0 atom stereocenters. The van der Waals surface area contributed by atoms with Gasteiger partial charge < -0.3 is 4.74 Å². The molecule has 0 bridgehead atoms. The Kier molecular flexibility index (Phi) is 3.57. The van der Waals surface area contributed by atoms with Gasteiger partial charge in [-0.3, -0.25) is 0 Å². The fourth-order valence-corrected chi connectivity index (χ4v) is 3.10. The van der Waals surface area contributed by atoms with Gasteiger partial charge in [-0.25, -0.2) is 4.79 Å². The van der Waals surface area contributed by atoms with Crippen molar-refractivity contribution in [2.45, 2.75) is 25.2 Å². The van der Waals surface area contributed by atoms with Crippen LogP contribution in [0.25, 0.3) is 5.57 Å². The van der Waals surface area contributed by atoms with Crippen molar-refractivity contribution in [3.63, 3.8) is 0 Å². The SMILES string of the molecule is CCc1cc2c(cc1C(=O)OC)SCC=C2C. The predicted molar refractivity (Wildman–Crippen MR) is 71.5 cm³/mol. The lowest BCUT2D eigenvalue weighted by Crippen LogP contribution is -2.07. The van der Waals surface area contributed by atoms with Crippen LogP contribution in [0.15, 0.2) is 23.1 Å². The van der Waals surface area contributed by atoms with Crippen molar-refractivity contribution in [2.24, 2.45) is 0 Å². The quantitative estimate of drug-likeness (QED) is 0.749. The number of ether oxygens (including phenoxy) is 1. The minimum atomic E-state index is -0.238. The number of fused-ring (bicyclic) bond motifs is 1. The molecule has 0 amide bonds. The van der Waals surface area contributed by atoms with Crippen LogP contribution in [0, 0.1) is 0 Å². The van der Waals surface area contributed by atoms with Crippen LogP contribution in [0.2, 0.25) is 0 Å². The number of rotatable bonds is 2. The second-order valence-corrected chi connectivity index (χ2v) is 5.11. The molecule has 0 aliphatic carbocycles. The maximum absolute atomic E-state index is 11.7. The van der Waals surface area contributed by atoms with E-state index in [0.29, 0.717) is 5.56 Å². The van der Waals surface area contributed by atoms with E-state index in [2.05, 4.69) is 26.0 Å². The molecule has 2 rings (SSSR count). The zero-order valence-corrected chi connectivity index (χ0v) is 11.2. The zero-order chi connectivity index (χ0) is 12.4. The van der Waals surface area contributed by atoms with Crippen LogP contribution in [-0.4, -0.2) is 18.8 Å². The summed E-state index contributed by atoms with van der Waals surface area (Å²) in [6.45, 7) is 4.18. The van der Waals surface area contributed by atoms with Crippen molar-refractivity contribution in [3.8, 4) is 0 Å². The molecule has 0 spiro atoms. The summed E-state index contributed by atoms with van der Waals surface area (Å²) in [7, 11) is 1.43. The average molecular weight is 248 g/mol. The number of carbonyl (C=O) groups is 1. The predicted octanol–water partition coefficient (Wildman–Crippen LogP) is 3.54. The highest BCUT2D eigenvalue weighted by atomic mass is 32.2. The molecule has 1 heterocycles. The molecule has 0 N–H and O–H groups in total. The molecule has 0 saturated heterocycles. The molecule has 1 aliphatic rings. The second kappa shape index (κ2) is 4.96. The number of thioether (sulfide) groups is 1. The van der Waals surface area contributed by atoms with Gasteiger partial charge in [-0.2, -0.15) is 0 Å². The summed E-state index contributed by atoms with van der Waals surface area (Å²) in [5.74, 6) is 0.739. The number of hydrogen-bond donors (Lipinski definition) is 0. The lowest BCUT2D eigenvalue weighted by molar-refractivity contribution is 0.0599. The number of allylic oxidation sites excluding steroid dienone is 1. The number of hydrogen-bond acceptors (Lipinski definition) is 3. The van der Waals surface area contributed by atoms with Crippen LogP contribution in [-0.2, 0) is 11.2 Å². The molecule has 1 aliphatic heterocycles. The van der Waals surface area contributed by atoms with Gasteiger partial charge >= 0.3 is 5.97 Å². The van der Waals surface area contributed by atoms with Crippen molar-refractivity contribution in [1.29, 1.82) is 0 Å². The van der Waals surface area contributed by atoms with Crippen molar-refractivity contribution in [2.75, 3.05) is 12.9 Å². The Hall–Kier alpha value is -1.22. The molecule has 1 aromatic carbocycles. The van der Waals surface area contributed by atoms with E-state index in [1.54, 1.807) is 11.8 Å². The molecule has 0 fully saturated rings. The van der Waals surface area contributed by atoms with Crippen LogP contribution in [0.3, 0.4) is 0 Å². The first-order chi connectivity index (χ1) is 8.17. The monoisotopic (exact) mass is 248 g/mol. The zero-order valence-electron chi connectivity index (χ0n) is 10.4. The second-order valence-electron chi connectivity index (χ2n) is 4.05. The van der Waals surface area contributed by atoms with E-state index < -0.39 is 0 Å². The third kappa shape index (κ3) is 2.25. The molecular weight excluding hydrogens is 232 g/mol. The van der Waals surface area contributed by atoms with Crippen molar-refractivity contribution in [1.82, 2.24) is 0 Å². The maximum atomic E-state index is 11.7. The third-order valence-electron chi connectivity index (χ3n) is 3.04. The number of carbonyl (C=O) groups excluding carboxylic acids is 1. The summed E-state index contributed by atoms with van der Waals surface area (Å²) in [5, 5.41) is 0. The van der Waals surface area contributed by atoms with Gasteiger partial charge in [-0.05, 0) is 42.2 Å². The van der Waals surface area contributed by atoms with Gasteiger partial charge in [0.1, 0.15) is 0 Å². The molecule has 3 heteroatoms. The highest BCUT2D eigenvalue weighted by Crippen LogP contribution is 2.35. The lowest BCUT2D eigenvalue weighted by Gasteiger charge is -2.18. The Bertz CT molecular complexity index is 489. The maximum Gasteiger partial charge on any atom is 0.338 e. The van der Waals surface area contributed by atoms with Crippen LogP contribution < -0.4 is 0 Å². The van der Waals surface area contributed by atoms with E-state index in [-0.39, 0.29) is 5.97 Å². The molecule has 0 saturated carbocycles. The number of esters is 1. The largest absolute Gasteiger partial charge is 0.465 e. The summed E-state index contributed by atoms with van der Waals surface area (Å²) in [5.41, 5.74) is 4.32. The van der Waals surface area contributed by atoms with Gasteiger partial charge in [-0.15, -0.1) is 11.8 Å². The first-order valence-corrected chi connectivity index (χ1v) is 6.71. The molecule has 0 unspecified atom stereocenters. The first-order valence-electron chi connectivity index (χ1n) is 5.72. The Labute approximate surface area is 106 Å². The van der Waals surface area contributed by atoms with Crippen molar-refractivity contribution in [3.05, 3.63) is 34.9 Å². The summed E-state index contributed by atoms with van der Waals surface area (Å²) in [4.78, 5) is 12.9. The molecule has 1 aromatic rings. The molecular formula is C14H16O2S. The van der Waals surface area contributed by atoms with Crippen molar-refractivity contribution < 1.29 is 9.53 Å². The van der Waals surface area contributed by atoms with E-state index in [4.69, 9.17) is 4.74 Å². The smallest absolute Gasteiger partial charge is 0.338 e. The van der Waals surface area contributed by atoms with E-state index in [0.717, 1.165) is 17.7 Å². The standard InChI is InChI=1S/C14H16O2S/c1-4-10-7-11-9(2)5-6-17-13(11)8-12(10)14(15)16-3/h5,7-8H,4,6H2,1-3H3. The minimum Gasteiger partial charge on any atom is -0.465 e. The molecule has 0 aromatic heterocycles. The molecule has 2 nitrogen and oxygen atoms in total. The van der Waals surface area contributed by atoms with Crippen LogP contribution in [0.4, 0.5) is 0 Å². The van der Waals surface area contributed by atoms with Crippen LogP contribution >= 0.6 is 11.8 Å². The van der Waals surface area contributed by atoms with Gasteiger partial charge in [0.05, 0.1) is 12.7 Å². The van der Waals surface area contributed by atoms with E-state index in [9.17, 15) is 4.79 Å². The van der Waals surface area contributed by atoms with E-state index in [1.165, 1.54) is 23.1 Å². The molecule has 90 valence electrons. The highest BCUT2D eigenvalue weighted by molar-refractivity contribution is 7.99. The van der Waals surface area contributed by atoms with Gasteiger partial charge in [0.2, 0.25) is 0 Å². The number of methoxy groups -OCH3 is 1. The Balaban J connectivity index is 2.57. The number of benzene rings is 1. The Morgan fingerprint density at radius 3 is 2.88 bits per heavy atom. The Morgan fingerprint density at radius 1 is 1.47 bits per heavy atom. The topological polar surface area (TPSA) is 26.3 Å². The van der Waals surface area contributed by atoms with Crippen molar-refractivity contribution >= 4 is 23.3 Å². The highest BCUT2D eigenvalue weighted by Gasteiger charge is 2.17. The Morgan fingerprint density at radius 2 is 2.24 bits per heavy atom. The normalized spacial score (nSPS) is 13.9. The number of aryl methyl sites for hydroxylation is 1. The van der Waals surface area contributed by atoms with Crippen LogP contribution in [0.5, 0.6) is 0 Å². The van der Waals surface area contributed by atoms with Gasteiger partial charge in [0.25, 0.3) is 0 Å². The van der Waals surface area contributed by atoms with Gasteiger partial charge in [0.15, 0.2) is 0 Å². The first kappa shape index (κ1) is 12.2. The fourth-order valence-electron chi connectivity index (χ4n) is 2.01. The van der Waals surface area contributed by atoms with Crippen LogP contribution in [0.1, 0.15) is 35.3 Å². The van der Waals surface area contributed by atoms with E-state index in [1.807, 2.05) is 6.07 Å². The molecule has 0 radical (unpaired) electrons.